The number of hydrogen-bond acceptors (Lipinski definition) is 2. The van der Waals surface area contributed by atoms with Crippen molar-refractivity contribution < 1.29 is 0 Å². The molecule has 2 aliphatic rings. The SMILES string of the molecule is CCC(C)N1CCN(CC2(CBr)CC2)CC1. The highest BCUT2D eigenvalue weighted by molar-refractivity contribution is 9.09. The van der Waals surface area contributed by atoms with Crippen molar-refractivity contribution in [2.24, 2.45) is 5.41 Å². The lowest BCUT2D eigenvalue weighted by Crippen LogP contribution is -2.50. The average molecular weight is 289 g/mol. The molecular weight excluding hydrogens is 264 g/mol. The van der Waals surface area contributed by atoms with E-state index in [4.69, 9.17) is 0 Å². The molecular formula is C13H25BrN2. The summed E-state index contributed by atoms with van der Waals surface area (Å²) in [6.45, 7) is 11.1. The molecule has 1 aliphatic heterocycles. The van der Waals surface area contributed by atoms with E-state index in [-0.39, 0.29) is 0 Å². The molecule has 0 amide bonds. The molecule has 1 saturated heterocycles. The van der Waals surface area contributed by atoms with Crippen LogP contribution in [-0.2, 0) is 0 Å². The molecule has 1 heterocycles. The zero-order valence-electron chi connectivity index (χ0n) is 10.7. The van der Waals surface area contributed by atoms with Crippen molar-refractivity contribution in [2.45, 2.75) is 39.2 Å². The number of rotatable bonds is 5. The van der Waals surface area contributed by atoms with E-state index < -0.39 is 0 Å². The maximum atomic E-state index is 3.67. The van der Waals surface area contributed by atoms with Gasteiger partial charge in [0.2, 0.25) is 0 Å². The van der Waals surface area contributed by atoms with Crippen LogP contribution in [0.25, 0.3) is 0 Å². The van der Waals surface area contributed by atoms with Gasteiger partial charge in [0.1, 0.15) is 0 Å². The first-order chi connectivity index (χ1) is 7.69. The molecule has 0 aromatic heterocycles. The maximum Gasteiger partial charge on any atom is 0.0113 e. The second-order valence-electron chi connectivity index (χ2n) is 5.70. The largest absolute Gasteiger partial charge is 0.300 e. The fourth-order valence-corrected chi connectivity index (χ4v) is 3.34. The van der Waals surface area contributed by atoms with E-state index in [1.807, 2.05) is 0 Å². The lowest BCUT2D eigenvalue weighted by Gasteiger charge is -2.39. The van der Waals surface area contributed by atoms with Gasteiger partial charge in [0.05, 0.1) is 0 Å². The average Bonchev–Trinajstić information content (AvgIpc) is 3.09. The van der Waals surface area contributed by atoms with Crippen LogP contribution in [0.3, 0.4) is 0 Å². The molecule has 0 bridgehead atoms. The summed E-state index contributed by atoms with van der Waals surface area (Å²) >= 11 is 3.67. The van der Waals surface area contributed by atoms with Gasteiger partial charge in [0.25, 0.3) is 0 Å². The van der Waals surface area contributed by atoms with Gasteiger partial charge >= 0.3 is 0 Å². The van der Waals surface area contributed by atoms with Crippen LogP contribution in [0.4, 0.5) is 0 Å². The Morgan fingerprint density at radius 1 is 1.19 bits per heavy atom. The second-order valence-corrected chi connectivity index (χ2v) is 6.26. The minimum atomic E-state index is 0.651. The molecule has 0 aromatic carbocycles. The second kappa shape index (κ2) is 5.36. The van der Waals surface area contributed by atoms with Crippen molar-refractivity contribution >= 4 is 15.9 Å². The normalized spacial score (nSPS) is 27.9. The number of nitrogens with zero attached hydrogens (tertiary/aromatic N) is 2. The predicted molar refractivity (Wildman–Crippen MR) is 73.2 cm³/mol. The summed E-state index contributed by atoms with van der Waals surface area (Å²) in [5.41, 5.74) is 0.651. The summed E-state index contributed by atoms with van der Waals surface area (Å²) in [4.78, 5) is 5.32. The number of hydrogen-bond donors (Lipinski definition) is 0. The Balaban J connectivity index is 1.73. The summed E-state index contributed by atoms with van der Waals surface area (Å²) in [5.74, 6) is 0. The minimum Gasteiger partial charge on any atom is -0.300 e. The van der Waals surface area contributed by atoms with Gasteiger partial charge in [-0.15, -0.1) is 0 Å². The van der Waals surface area contributed by atoms with Crippen LogP contribution in [0.2, 0.25) is 0 Å². The van der Waals surface area contributed by atoms with Crippen LogP contribution in [0.1, 0.15) is 33.1 Å². The maximum absolute atomic E-state index is 3.67. The smallest absolute Gasteiger partial charge is 0.0113 e. The fourth-order valence-electron chi connectivity index (χ4n) is 2.61. The zero-order chi connectivity index (χ0) is 11.6. The first kappa shape index (κ1) is 12.8. The number of piperazine rings is 1. The summed E-state index contributed by atoms with van der Waals surface area (Å²) < 4.78 is 0. The molecule has 1 atom stereocenters. The van der Waals surface area contributed by atoms with E-state index in [1.54, 1.807) is 0 Å². The Bertz CT molecular complexity index is 220. The van der Waals surface area contributed by atoms with Gasteiger partial charge in [-0.05, 0) is 31.6 Å². The molecule has 0 radical (unpaired) electrons. The number of halogens is 1. The van der Waals surface area contributed by atoms with E-state index in [2.05, 4.69) is 39.6 Å². The van der Waals surface area contributed by atoms with E-state index in [0.717, 1.165) is 6.04 Å². The van der Waals surface area contributed by atoms with Crippen LogP contribution in [-0.4, -0.2) is 53.9 Å². The monoisotopic (exact) mass is 288 g/mol. The fraction of sp³-hybridized carbons (Fsp3) is 1.00. The molecule has 0 spiro atoms. The third kappa shape index (κ3) is 2.99. The molecule has 1 saturated carbocycles. The van der Waals surface area contributed by atoms with E-state index >= 15 is 0 Å². The van der Waals surface area contributed by atoms with Crippen molar-refractivity contribution in [2.75, 3.05) is 38.1 Å². The van der Waals surface area contributed by atoms with Crippen molar-refractivity contribution in [3.8, 4) is 0 Å². The van der Waals surface area contributed by atoms with Crippen molar-refractivity contribution in [1.82, 2.24) is 9.80 Å². The molecule has 16 heavy (non-hydrogen) atoms. The van der Waals surface area contributed by atoms with Gasteiger partial charge < -0.3 is 4.90 Å². The summed E-state index contributed by atoms with van der Waals surface area (Å²) in [5, 5.41) is 1.20. The Morgan fingerprint density at radius 2 is 1.81 bits per heavy atom. The van der Waals surface area contributed by atoms with E-state index in [1.165, 1.54) is 57.3 Å². The molecule has 2 fully saturated rings. The van der Waals surface area contributed by atoms with Crippen molar-refractivity contribution in [1.29, 1.82) is 0 Å². The third-order valence-corrected chi connectivity index (χ3v) is 5.61. The lowest BCUT2D eigenvalue weighted by atomic mass is 10.1. The Labute approximate surface area is 108 Å². The van der Waals surface area contributed by atoms with Gasteiger partial charge in [-0.3, -0.25) is 4.90 Å². The standard InChI is InChI=1S/C13H25BrN2/c1-3-12(2)16-8-6-15(7-9-16)11-13(10-14)4-5-13/h12H,3-11H2,1-2H3. The van der Waals surface area contributed by atoms with Crippen molar-refractivity contribution in [3.05, 3.63) is 0 Å². The first-order valence-corrected chi connectivity index (χ1v) is 7.83. The van der Waals surface area contributed by atoms with Gasteiger partial charge in [0.15, 0.2) is 0 Å². The molecule has 94 valence electrons. The lowest BCUT2D eigenvalue weighted by molar-refractivity contribution is 0.0895. The summed E-state index contributed by atoms with van der Waals surface area (Å²) in [7, 11) is 0. The van der Waals surface area contributed by atoms with Crippen LogP contribution < -0.4 is 0 Å². The van der Waals surface area contributed by atoms with E-state index in [9.17, 15) is 0 Å². The topological polar surface area (TPSA) is 6.48 Å². The van der Waals surface area contributed by atoms with E-state index in [0.29, 0.717) is 5.41 Å². The highest BCUT2D eigenvalue weighted by Crippen LogP contribution is 2.47. The zero-order valence-corrected chi connectivity index (χ0v) is 12.3. The quantitative estimate of drug-likeness (QED) is 0.718. The van der Waals surface area contributed by atoms with Gasteiger partial charge in [0, 0.05) is 44.1 Å². The highest BCUT2D eigenvalue weighted by Gasteiger charge is 2.43. The molecule has 2 nitrogen and oxygen atoms in total. The van der Waals surface area contributed by atoms with Crippen LogP contribution in [0.5, 0.6) is 0 Å². The Morgan fingerprint density at radius 3 is 2.25 bits per heavy atom. The summed E-state index contributed by atoms with van der Waals surface area (Å²) in [6, 6.07) is 0.771. The Kier molecular flexibility index (Phi) is 4.31. The van der Waals surface area contributed by atoms with Crippen LogP contribution >= 0.6 is 15.9 Å². The molecule has 1 unspecified atom stereocenters. The first-order valence-electron chi connectivity index (χ1n) is 6.71. The van der Waals surface area contributed by atoms with Gasteiger partial charge in [-0.25, -0.2) is 0 Å². The van der Waals surface area contributed by atoms with Crippen LogP contribution in [0.15, 0.2) is 0 Å². The van der Waals surface area contributed by atoms with Gasteiger partial charge in [-0.1, -0.05) is 22.9 Å². The molecule has 0 aromatic rings. The highest BCUT2D eigenvalue weighted by atomic mass is 79.9. The number of alkyl halides is 1. The minimum absolute atomic E-state index is 0.651. The molecule has 2 rings (SSSR count). The van der Waals surface area contributed by atoms with Gasteiger partial charge in [-0.2, -0.15) is 0 Å². The third-order valence-electron chi connectivity index (χ3n) is 4.42. The molecule has 0 N–H and O–H groups in total. The Hall–Kier alpha value is 0.400. The summed E-state index contributed by atoms with van der Waals surface area (Å²) in [6.07, 6.45) is 4.15. The van der Waals surface area contributed by atoms with Crippen LogP contribution in [0, 0.1) is 5.41 Å². The van der Waals surface area contributed by atoms with Crippen molar-refractivity contribution in [3.63, 3.8) is 0 Å². The predicted octanol–water partition coefficient (Wildman–Crippen LogP) is 2.58. The molecule has 3 heteroatoms. The molecule has 1 aliphatic carbocycles.